The van der Waals surface area contributed by atoms with Crippen molar-refractivity contribution in [2.75, 3.05) is 5.32 Å². The standard InChI is InChI=1S/C17H24N2O2/c1-5-12(3)18-15(20)17(9-10-17)16(21)19-14-8-6-7-11(2)13(14)4/h6-8,12H,5,9-10H2,1-4H3,(H,18,20)(H,19,21). The van der Waals surface area contributed by atoms with E-state index in [0.29, 0.717) is 12.8 Å². The van der Waals surface area contributed by atoms with E-state index in [1.165, 1.54) is 0 Å². The third-order valence-electron chi connectivity index (χ3n) is 4.46. The first-order chi connectivity index (χ1) is 9.90. The fourth-order valence-corrected chi connectivity index (χ4v) is 2.27. The molecule has 1 aromatic rings. The Morgan fingerprint density at radius 3 is 2.48 bits per heavy atom. The Bertz CT molecular complexity index is 562. The summed E-state index contributed by atoms with van der Waals surface area (Å²) in [6, 6.07) is 5.90. The second-order valence-electron chi connectivity index (χ2n) is 6.07. The topological polar surface area (TPSA) is 58.2 Å². The molecule has 0 aliphatic heterocycles. The molecule has 1 aliphatic carbocycles. The number of hydrogen-bond acceptors (Lipinski definition) is 2. The van der Waals surface area contributed by atoms with Crippen molar-refractivity contribution in [2.24, 2.45) is 5.41 Å². The molecule has 0 bridgehead atoms. The fourth-order valence-electron chi connectivity index (χ4n) is 2.27. The predicted molar refractivity (Wildman–Crippen MR) is 84.1 cm³/mol. The summed E-state index contributed by atoms with van der Waals surface area (Å²) in [7, 11) is 0. The van der Waals surface area contributed by atoms with Gasteiger partial charge in [0.2, 0.25) is 11.8 Å². The average Bonchev–Trinajstić information content (AvgIpc) is 3.25. The number of aryl methyl sites for hydroxylation is 1. The van der Waals surface area contributed by atoms with Crippen molar-refractivity contribution >= 4 is 17.5 Å². The summed E-state index contributed by atoms with van der Waals surface area (Å²) in [6.45, 7) is 7.95. The van der Waals surface area contributed by atoms with Gasteiger partial charge in [-0.2, -0.15) is 0 Å². The lowest BCUT2D eigenvalue weighted by atomic mass is 10.0. The van der Waals surface area contributed by atoms with E-state index in [2.05, 4.69) is 10.6 Å². The van der Waals surface area contributed by atoms with Crippen LogP contribution in [0.15, 0.2) is 18.2 Å². The zero-order chi connectivity index (χ0) is 15.6. The third-order valence-corrected chi connectivity index (χ3v) is 4.46. The molecule has 1 fully saturated rings. The maximum Gasteiger partial charge on any atom is 0.240 e. The zero-order valence-electron chi connectivity index (χ0n) is 13.2. The Balaban J connectivity index is 2.09. The van der Waals surface area contributed by atoms with Gasteiger partial charge in [-0.1, -0.05) is 19.1 Å². The van der Waals surface area contributed by atoms with Crippen molar-refractivity contribution in [3.63, 3.8) is 0 Å². The van der Waals surface area contributed by atoms with E-state index in [1.54, 1.807) is 0 Å². The number of hydrogen-bond donors (Lipinski definition) is 2. The van der Waals surface area contributed by atoms with Gasteiger partial charge in [-0.05, 0) is 57.2 Å². The SMILES string of the molecule is CCC(C)NC(=O)C1(C(=O)Nc2cccc(C)c2C)CC1. The summed E-state index contributed by atoms with van der Waals surface area (Å²) >= 11 is 0. The van der Waals surface area contributed by atoms with Gasteiger partial charge in [0.05, 0.1) is 0 Å². The van der Waals surface area contributed by atoms with Crippen molar-refractivity contribution in [1.29, 1.82) is 0 Å². The number of carbonyl (C=O) groups excluding carboxylic acids is 2. The summed E-state index contributed by atoms with van der Waals surface area (Å²) in [5.41, 5.74) is 2.10. The molecule has 21 heavy (non-hydrogen) atoms. The Morgan fingerprint density at radius 2 is 1.90 bits per heavy atom. The monoisotopic (exact) mass is 288 g/mol. The second-order valence-corrected chi connectivity index (χ2v) is 6.07. The number of nitrogens with one attached hydrogen (secondary N) is 2. The predicted octanol–water partition coefficient (Wildman–Crippen LogP) is 2.94. The molecule has 2 N–H and O–H groups in total. The lowest BCUT2D eigenvalue weighted by molar-refractivity contribution is -0.134. The van der Waals surface area contributed by atoms with Gasteiger partial charge in [-0.25, -0.2) is 0 Å². The minimum absolute atomic E-state index is 0.100. The highest BCUT2D eigenvalue weighted by atomic mass is 16.2. The lowest BCUT2D eigenvalue weighted by Crippen LogP contribution is -2.43. The highest BCUT2D eigenvalue weighted by molar-refractivity contribution is 6.13. The molecule has 1 unspecified atom stereocenters. The van der Waals surface area contributed by atoms with E-state index >= 15 is 0 Å². The van der Waals surface area contributed by atoms with Gasteiger partial charge in [-0.15, -0.1) is 0 Å². The van der Waals surface area contributed by atoms with Gasteiger partial charge in [0.25, 0.3) is 0 Å². The highest BCUT2D eigenvalue weighted by Crippen LogP contribution is 2.47. The Morgan fingerprint density at radius 1 is 1.24 bits per heavy atom. The van der Waals surface area contributed by atoms with Crippen molar-refractivity contribution < 1.29 is 9.59 Å². The van der Waals surface area contributed by atoms with E-state index in [-0.39, 0.29) is 17.9 Å². The Kier molecular flexibility index (Phi) is 4.35. The third kappa shape index (κ3) is 3.09. The normalized spacial score (nSPS) is 17.0. The van der Waals surface area contributed by atoms with Gasteiger partial charge in [0.1, 0.15) is 5.41 Å². The lowest BCUT2D eigenvalue weighted by Gasteiger charge is -2.19. The molecule has 0 aromatic heterocycles. The number of amides is 2. The van der Waals surface area contributed by atoms with E-state index in [4.69, 9.17) is 0 Å². The Labute approximate surface area is 126 Å². The van der Waals surface area contributed by atoms with Crippen LogP contribution >= 0.6 is 0 Å². The number of anilines is 1. The number of carbonyl (C=O) groups is 2. The van der Waals surface area contributed by atoms with Crippen LogP contribution in [-0.2, 0) is 9.59 Å². The first-order valence-electron chi connectivity index (χ1n) is 7.59. The molecule has 2 rings (SSSR count). The van der Waals surface area contributed by atoms with Gasteiger partial charge in [0, 0.05) is 11.7 Å². The second kappa shape index (κ2) is 5.88. The van der Waals surface area contributed by atoms with Crippen LogP contribution in [0.25, 0.3) is 0 Å². The summed E-state index contributed by atoms with van der Waals surface area (Å²) in [6.07, 6.45) is 2.12. The van der Waals surface area contributed by atoms with Crippen molar-refractivity contribution in [3.05, 3.63) is 29.3 Å². The minimum atomic E-state index is -0.861. The molecule has 0 heterocycles. The van der Waals surface area contributed by atoms with Gasteiger partial charge in [0.15, 0.2) is 0 Å². The van der Waals surface area contributed by atoms with Crippen molar-refractivity contribution in [1.82, 2.24) is 5.32 Å². The highest BCUT2D eigenvalue weighted by Gasteiger charge is 2.56. The smallest absolute Gasteiger partial charge is 0.240 e. The summed E-state index contributed by atoms with van der Waals surface area (Å²) in [5, 5.41) is 5.85. The fraction of sp³-hybridized carbons (Fsp3) is 0.529. The van der Waals surface area contributed by atoms with Crippen molar-refractivity contribution in [2.45, 2.75) is 53.0 Å². The van der Waals surface area contributed by atoms with Crippen LogP contribution in [0.3, 0.4) is 0 Å². The quantitative estimate of drug-likeness (QED) is 0.818. The minimum Gasteiger partial charge on any atom is -0.353 e. The Hall–Kier alpha value is -1.84. The van der Waals surface area contributed by atoms with Crippen LogP contribution in [0.2, 0.25) is 0 Å². The molecule has 1 atom stereocenters. The van der Waals surface area contributed by atoms with E-state index in [0.717, 1.165) is 23.2 Å². The van der Waals surface area contributed by atoms with Crippen LogP contribution in [0.5, 0.6) is 0 Å². The van der Waals surface area contributed by atoms with Gasteiger partial charge < -0.3 is 10.6 Å². The first-order valence-corrected chi connectivity index (χ1v) is 7.59. The molecular weight excluding hydrogens is 264 g/mol. The summed E-state index contributed by atoms with van der Waals surface area (Å²) in [5.74, 6) is -0.323. The number of benzene rings is 1. The van der Waals surface area contributed by atoms with E-state index in [9.17, 15) is 9.59 Å². The average molecular weight is 288 g/mol. The molecule has 2 amide bonds. The van der Waals surface area contributed by atoms with Crippen molar-refractivity contribution in [3.8, 4) is 0 Å². The zero-order valence-corrected chi connectivity index (χ0v) is 13.2. The van der Waals surface area contributed by atoms with Crippen LogP contribution in [0.1, 0.15) is 44.2 Å². The molecule has 0 radical (unpaired) electrons. The number of rotatable bonds is 5. The summed E-state index contributed by atoms with van der Waals surface area (Å²) in [4.78, 5) is 24.8. The largest absolute Gasteiger partial charge is 0.353 e. The maximum atomic E-state index is 12.5. The molecule has 4 heteroatoms. The van der Waals surface area contributed by atoms with E-state index < -0.39 is 5.41 Å². The molecule has 1 aromatic carbocycles. The summed E-state index contributed by atoms with van der Waals surface area (Å²) < 4.78 is 0. The van der Waals surface area contributed by atoms with E-state index in [1.807, 2.05) is 45.9 Å². The molecule has 4 nitrogen and oxygen atoms in total. The molecule has 1 aliphatic rings. The molecular formula is C17H24N2O2. The van der Waals surface area contributed by atoms with Gasteiger partial charge >= 0.3 is 0 Å². The van der Waals surface area contributed by atoms with Crippen LogP contribution in [-0.4, -0.2) is 17.9 Å². The maximum absolute atomic E-state index is 12.5. The molecule has 0 saturated heterocycles. The molecule has 1 saturated carbocycles. The van der Waals surface area contributed by atoms with Crippen LogP contribution < -0.4 is 10.6 Å². The van der Waals surface area contributed by atoms with Crippen LogP contribution in [0.4, 0.5) is 5.69 Å². The molecule has 0 spiro atoms. The van der Waals surface area contributed by atoms with Gasteiger partial charge in [-0.3, -0.25) is 9.59 Å². The molecule has 114 valence electrons. The first kappa shape index (κ1) is 15.5. The van der Waals surface area contributed by atoms with Crippen LogP contribution in [0, 0.1) is 19.3 Å².